The number of rotatable bonds is 16. The standard InChI is InChI=1S/C30H51N5O9/c1-9-43-23(37)11-10-20(15-19-12-13-31-25(19)38)32-26(39)21(14-17(2)3)33-28(41)24(18(4)5)35-27(40)22(16-36)34-29(42)44-30(6,7)8/h10-11,17-22,24,36H,9,12-16H2,1-8H3,(H,31,38)(H,32,39)(H,33,41)(H,34,42)(H,35,40). The van der Waals surface area contributed by atoms with Gasteiger partial charge >= 0.3 is 12.1 Å². The van der Waals surface area contributed by atoms with E-state index in [9.17, 15) is 33.9 Å². The van der Waals surface area contributed by atoms with Crippen LogP contribution in [0.25, 0.3) is 0 Å². The van der Waals surface area contributed by atoms with E-state index in [1.807, 2.05) is 13.8 Å². The Morgan fingerprint density at radius 3 is 2.11 bits per heavy atom. The van der Waals surface area contributed by atoms with E-state index < -0.39 is 72.1 Å². The first-order valence-electron chi connectivity index (χ1n) is 15.1. The number of esters is 1. The molecule has 5 unspecified atom stereocenters. The van der Waals surface area contributed by atoms with Crippen LogP contribution in [0, 0.1) is 17.8 Å². The van der Waals surface area contributed by atoms with Crippen molar-refractivity contribution in [2.75, 3.05) is 19.8 Å². The quantitative estimate of drug-likeness (QED) is 0.105. The normalized spacial score (nSPS) is 17.8. The molecule has 14 nitrogen and oxygen atoms in total. The number of aliphatic hydroxyl groups is 1. The van der Waals surface area contributed by atoms with E-state index in [0.717, 1.165) is 0 Å². The minimum atomic E-state index is -1.38. The molecule has 0 aliphatic carbocycles. The van der Waals surface area contributed by atoms with Crippen LogP contribution in [-0.4, -0.2) is 90.3 Å². The van der Waals surface area contributed by atoms with Crippen LogP contribution in [0.4, 0.5) is 4.79 Å². The summed E-state index contributed by atoms with van der Waals surface area (Å²) < 4.78 is 10.1. The van der Waals surface area contributed by atoms with E-state index in [1.54, 1.807) is 41.5 Å². The van der Waals surface area contributed by atoms with Gasteiger partial charge in [0.2, 0.25) is 23.6 Å². The zero-order chi connectivity index (χ0) is 33.6. The molecule has 1 heterocycles. The van der Waals surface area contributed by atoms with E-state index in [-0.39, 0.29) is 37.2 Å². The van der Waals surface area contributed by atoms with Crippen molar-refractivity contribution in [3.8, 4) is 0 Å². The van der Waals surface area contributed by atoms with Crippen molar-refractivity contribution >= 4 is 35.7 Å². The second-order valence-corrected chi connectivity index (χ2v) is 12.5. The summed E-state index contributed by atoms with van der Waals surface area (Å²) >= 11 is 0. The number of nitrogens with one attached hydrogen (secondary N) is 5. The van der Waals surface area contributed by atoms with Crippen molar-refractivity contribution in [3.05, 3.63) is 12.2 Å². The average molecular weight is 626 g/mol. The molecule has 0 aromatic rings. The summed E-state index contributed by atoms with van der Waals surface area (Å²) in [5, 5.41) is 22.9. The lowest BCUT2D eigenvalue weighted by Crippen LogP contribution is -2.59. The Morgan fingerprint density at radius 2 is 1.61 bits per heavy atom. The Balaban J connectivity index is 3.08. The summed E-state index contributed by atoms with van der Waals surface area (Å²) in [5.74, 6) is -3.51. The van der Waals surface area contributed by atoms with Gasteiger partial charge in [-0.25, -0.2) is 9.59 Å². The Labute approximate surface area is 259 Å². The van der Waals surface area contributed by atoms with Gasteiger partial charge in [0.25, 0.3) is 0 Å². The molecule has 1 aliphatic heterocycles. The number of carbonyl (C=O) groups is 6. The highest BCUT2D eigenvalue weighted by molar-refractivity contribution is 5.94. The largest absolute Gasteiger partial charge is 0.463 e. The first kappa shape index (κ1) is 38.3. The van der Waals surface area contributed by atoms with Gasteiger partial charge < -0.3 is 41.2 Å². The van der Waals surface area contributed by atoms with E-state index in [1.165, 1.54) is 12.2 Å². The third kappa shape index (κ3) is 14.2. The van der Waals surface area contributed by atoms with Crippen LogP contribution in [0.5, 0.6) is 0 Å². The second-order valence-electron chi connectivity index (χ2n) is 12.5. The average Bonchev–Trinajstić information content (AvgIpc) is 3.30. The van der Waals surface area contributed by atoms with Gasteiger partial charge in [0.05, 0.1) is 13.2 Å². The van der Waals surface area contributed by atoms with Crippen molar-refractivity contribution in [1.82, 2.24) is 26.6 Å². The third-order valence-electron chi connectivity index (χ3n) is 6.56. The van der Waals surface area contributed by atoms with Crippen LogP contribution in [0.3, 0.4) is 0 Å². The van der Waals surface area contributed by atoms with Crippen molar-refractivity contribution in [1.29, 1.82) is 0 Å². The highest BCUT2D eigenvalue weighted by Crippen LogP contribution is 2.18. The molecule has 0 bridgehead atoms. The Morgan fingerprint density at radius 1 is 0.977 bits per heavy atom. The SMILES string of the molecule is CCOC(=O)C=CC(CC1CCNC1=O)NC(=O)C(CC(C)C)NC(=O)C(NC(=O)C(CO)NC(=O)OC(C)(C)C)C(C)C. The number of alkyl carbamates (subject to hydrolysis) is 1. The monoisotopic (exact) mass is 625 g/mol. The fourth-order valence-corrected chi connectivity index (χ4v) is 4.43. The summed E-state index contributed by atoms with van der Waals surface area (Å²) in [5.41, 5.74) is -0.829. The topological polar surface area (TPSA) is 201 Å². The molecule has 250 valence electrons. The smallest absolute Gasteiger partial charge is 0.408 e. The number of ether oxygens (including phenoxy) is 2. The summed E-state index contributed by atoms with van der Waals surface area (Å²) in [6.45, 7) is 13.7. The van der Waals surface area contributed by atoms with Gasteiger partial charge in [0.15, 0.2) is 0 Å². The molecule has 0 aromatic carbocycles. The van der Waals surface area contributed by atoms with Gasteiger partial charge in [-0.3, -0.25) is 19.2 Å². The van der Waals surface area contributed by atoms with Crippen LogP contribution in [-0.2, 0) is 33.4 Å². The lowest BCUT2D eigenvalue weighted by molar-refractivity contribution is -0.137. The lowest BCUT2D eigenvalue weighted by atomic mass is 9.96. The van der Waals surface area contributed by atoms with Gasteiger partial charge in [-0.1, -0.05) is 33.8 Å². The molecular formula is C30H51N5O9. The molecule has 0 spiro atoms. The van der Waals surface area contributed by atoms with Crippen molar-refractivity contribution in [3.63, 3.8) is 0 Å². The minimum Gasteiger partial charge on any atom is -0.463 e. The molecule has 5 amide bonds. The highest BCUT2D eigenvalue weighted by Gasteiger charge is 2.33. The van der Waals surface area contributed by atoms with E-state index in [0.29, 0.717) is 13.0 Å². The molecule has 0 saturated carbocycles. The number of hydrogen-bond donors (Lipinski definition) is 6. The molecule has 5 atom stereocenters. The molecule has 0 aromatic heterocycles. The maximum Gasteiger partial charge on any atom is 0.408 e. The van der Waals surface area contributed by atoms with E-state index in [2.05, 4.69) is 26.6 Å². The fraction of sp³-hybridized carbons (Fsp3) is 0.733. The third-order valence-corrected chi connectivity index (χ3v) is 6.56. The number of aliphatic hydroxyl groups excluding tert-OH is 1. The van der Waals surface area contributed by atoms with E-state index in [4.69, 9.17) is 9.47 Å². The fourth-order valence-electron chi connectivity index (χ4n) is 4.43. The predicted octanol–water partition coefficient (Wildman–Crippen LogP) is 0.674. The zero-order valence-electron chi connectivity index (χ0n) is 27.2. The van der Waals surface area contributed by atoms with Gasteiger partial charge in [-0.2, -0.15) is 0 Å². The molecule has 1 rings (SSSR count). The molecular weight excluding hydrogens is 574 g/mol. The highest BCUT2D eigenvalue weighted by atomic mass is 16.6. The molecule has 1 saturated heterocycles. The Bertz CT molecular complexity index is 1040. The maximum atomic E-state index is 13.5. The molecule has 1 aliphatic rings. The molecule has 1 fully saturated rings. The first-order chi connectivity index (χ1) is 20.5. The summed E-state index contributed by atoms with van der Waals surface area (Å²) in [6, 6.07) is -4.20. The second kappa shape index (κ2) is 18.2. The number of hydrogen-bond acceptors (Lipinski definition) is 9. The molecule has 6 N–H and O–H groups in total. The summed E-state index contributed by atoms with van der Waals surface area (Å²) in [6.07, 6.45) is 2.84. The number of amides is 5. The van der Waals surface area contributed by atoms with Crippen molar-refractivity contribution in [2.45, 2.75) is 104 Å². The van der Waals surface area contributed by atoms with Crippen LogP contribution in [0.1, 0.15) is 74.7 Å². The summed E-state index contributed by atoms with van der Waals surface area (Å²) in [7, 11) is 0. The number of carbonyl (C=O) groups excluding carboxylic acids is 6. The van der Waals surface area contributed by atoms with Gasteiger partial charge in [-0.15, -0.1) is 0 Å². The maximum absolute atomic E-state index is 13.5. The van der Waals surface area contributed by atoms with Crippen molar-refractivity contribution in [2.24, 2.45) is 17.8 Å². The van der Waals surface area contributed by atoms with Crippen molar-refractivity contribution < 1.29 is 43.3 Å². The van der Waals surface area contributed by atoms with Crippen LogP contribution in [0.15, 0.2) is 12.2 Å². The molecule has 14 heteroatoms. The van der Waals surface area contributed by atoms with Gasteiger partial charge in [0, 0.05) is 24.6 Å². The molecule has 0 radical (unpaired) electrons. The predicted molar refractivity (Wildman–Crippen MR) is 162 cm³/mol. The van der Waals surface area contributed by atoms with Crippen LogP contribution < -0.4 is 26.6 Å². The zero-order valence-corrected chi connectivity index (χ0v) is 27.2. The lowest BCUT2D eigenvalue weighted by Gasteiger charge is -2.28. The van der Waals surface area contributed by atoms with Crippen LogP contribution in [0.2, 0.25) is 0 Å². The minimum absolute atomic E-state index is 0.0101. The first-order valence-corrected chi connectivity index (χ1v) is 15.1. The van der Waals surface area contributed by atoms with E-state index >= 15 is 0 Å². The summed E-state index contributed by atoms with van der Waals surface area (Å²) in [4.78, 5) is 76.1. The van der Waals surface area contributed by atoms with Crippen LogP contribution >= 0.6 is 0 Å². The Kier molecular flexibility index (Phi) is 15.9. The van der Waals surface area contributed by atoms with Gasteiger partial charge in [-0.05, 0) is 58.8 Å². The Hall–Kier alpha value is -3.68. The van der Waals surface area contributed by atoms with Gasteiger partial charge in [0.1, 0.15) is 23.7 Å². The molecule has 44 heavy (non-hydrogen) atoms.